The maximum atomic E-state index is 2.95. The topological polar surface area (TPSA) is 0 Å². The second kappa shape index (κ2) is 34.6. The van der Waals surface area contributed by atoms with Crippen molar-refractivity contribution in [3.63, 3.8) is 0 Å². The van der Waals surface area contributed by atoms with Crippen LogP contribution in [0, 0.1) is 0 Å². The summed E-state index contributed by atoms with van der Waals surface area (Å²) in [6.45, 7) is 19.9. The summed E-state index contributed by atoms with van der Waals surface area (Å²) in [6.07, 6.45) is 35.6. The van der Waals surface area contributed by atoms with E-state index in [4.69, 9.17) is 0 Å². The van der Waals surface area contributed by atoms with E-state index >= 15 is 0 Å². The Morgan fingerprint density at radius 2 is 0.426 bits per heavy atom. The molecular weight excluding hydrogens is 1470 g/mol. The van der Waals surface area contributed by atoms with Gasteiger partial charge >= 0.3 is 0 Å². The molecule has 4 aliphatic carbocycles. The first-order valence-corrected chi connectivity index (χ1v) is 47.9. The van der Waals surface area contributed by atoms with Crippen LogP contribution >= 0.6 is 0 Å². The van der Waals surface area contributed by atoms with Gasteiger partial charge in [0.05, 0.1) is 0 Å². The Bertz CT molecular complexity index is 5960. The van der Waals surface area contributed by atoms with E-state index in [2.05, 4.69) is 334 Å². The first-order valence-electron chi connectivity index (χ1n) is 47.9. The summed E-state index contributed by atoms with van der Waals surface area (Å²) < 4.78 is 0. The lowest BCUT2D eigenvalue weighted by molar-refractivity contribution is 0.394. The number of benzene rings is 15. The van der Waals surface area contributed by atoms with Crippen LogP contribution in [0.15, 0.2) is 279 Å². The molecule has 0 nitrogen and oxygen atoms in total. The lowest BCUT2D eigenvalue weighted by Crippen LogP contribution is -2.27. The van der Waals surface area contributed by atoms with Crippen molar-refractivity contribution in [1.29, 1.82) is 0 Å². The molecule has 0 saturated heterocycles. The van der Waals surface area contributed by atoms with Crippen LogP contribution in [0.4, 0.5) is 0 Å². The van der Waals surface area contributed by atoms with Gasteiger partial charge in [0.15, 0.2) is 0 Å². The van der Waals surface area contributed by atoms with E-state index in [1.807, 2.05) is 0 Å². The molecule has 15 aromatic rings. The first-order chi connectivity index (χ1) is 59.8. The van der Waals surface area contributed by atoms with Gasteiger partial charge in [-0.3, -0.25) is 0 Å². The molecule has 4 aliphatic rings. The Hall–Kier alpha value is -10.7. The molecule has 614 valence electrons. The second-order valence-corrected chi connectivity index (χ2v) is 38.5. The summed E-state index contributed by atoms with van der Waals surface area (Å²) in [4.78, 5) is 0. The fraction of sp³-hybridized carbons (Fsp3) is 0.328. The lowest BCUT2D eigenvalue weighted by atomic mass is 9.68. The third-order valence-corrected chi connectivity index (χ3v) is 30.2. The smallest absolute Gasteiger partial charge is 0.0215 e. The molecule has 0 aliphatic heterocycles. The van der Waals surface area contributed by atoms with Crippen LogP contribution < -0.4 is 0 Å². The number of unbranched alkanes of at least 4 members (excludes halogenated alkanes) is 20. The van der Waals surface area contributed by atoms with Gasteiger partial charge in [-0.1, -0.05) is 404 Å². The Morgan fingerprint density at radius 1 is 0.172 bits per heavy atom. The highest BCUT2D eigenvalue weighted by Gasteiger charge is 2.51. The van der Waals surface area contributed by atoms with Crippen molar-refractivity contribution >= 4 is 43.1 Å². The van der Waals surface area contributed by atoms with Crippen molar-refractivity contribution < 1.29 is 0 Å². The average Bonchev–Trinajstić information content (AvgIpc) is 1.51. The predicted octanol–water partition coefficient (Wildman–Crippen LogP) is 36.4. The molecule has 0 atom stereocenters. The Labute approximate surface area is 729 Å². The van der Waals surface area contributed by atoms with Gasteiger partial charge in [-0.15, -0.1) is 0 Å². The van der Waals surface area contributed by atoms with Crippen molar-refractivity contribution in [2.24, 2.45) is 0 Å². The Balaban J connectivity index is 0.815. The highest BCUT2D eigenvalue weighted by atomic mass is 14.5. The van der Waals surface area contributed by atoms with Crippen molar-refractivity contribution in [3.8, 4) is 111 Å². The zero-order chi connectivity index (χ0) is 83.1. The fourth-order valence-corrected chi connectivity index (χ4v) is 23.7. The molecule has 0 heteroatoms. The molecule has 0 aromatic heterocycles. The minimum atomic E-state index is -0.300. The molecule has 0 saturated carbocycles. The predicted molar refractivity (Wildman–Crippen MR) is 529 cm³/mol. The minimum Gasteiger partial charge on any atom is -0.0654 e. The summed E-state index contributed by atoms with van der Waals surface area (Å²) in [6, 6.07) is 110. The van der Waals surface area contributed by atoms with Crippen molar-refractivity contribution in [2.75, 3.05) is 0 Å². The van der Waals surface area contributed by atoms with Gasteiger partial charge in [0, 0.05) is 21.7 Å². The van der Waals surface area contributed by atoms with E-state index in [1.165, 1.54) is 345 Å². The maximum absolute atomic E-state index is 2.95. The van der Waals surface area contributed by atoms with Crippen LogP contribution in [0.5, 0.6) is 0 Å². The molecule has 122 heavy (non-hydrogen) atoms. The quantitative estimate of drug-likeness (QED) is 0.0353. The normalized spacial score (nSPS) is 14.4. The van der Waals surface area contributed by atoms with Gasteiger partial charge in [0.2, 0.25) is 0 Å². The van der Waals surface area contributed by atoms with Gasteiger partial charge in [0.25, 0.3) is 0 Å². The maximum Gasteiger partial charge on any atom is 0.0215 e. The van der Waals surface area contributed by atoms with Crippen molar-refractivity contribution in [2.45, 2.75) is 257 Å². The van der Waals surface area contributed by atoms with Gasteiger partial charge in [-0.25, -0.2) is 0 Å². The van der Waals surface area contributed by atoms with Crippen LogP contribution in [0.1, 0.15) is 280 Å². The van der Waals surface area contributed by atoms with E-state index in [0.717, 1.165) is 0 Å². The Kier molecular flexibility index (Phi) is 23.0. The molecule has 0 unspecified atom stereocenters. The highest BCUT2D eigenvalue weighted by Crippen LogP contribution is 2.66. The summed E-state index contributed by atoms with van der Waals surface area (Å²) in [5.74, 6) is 0. The highest BCUT2D eigenvalue weighted by molar-refractivity contribution is 6.13. The second-order valence-electron chi connectivity index (χ2n) is 38.5. The van der Waals surface area contributed by atoms with Gasteiger partial charge in [-0.05, 0) is 309 Å². The molecule has 15 aromatic carbocycles. The third kappa shape index (κ3) is 14.5. The van der Waals surface area contributed by atoms with Crippen LogP contribution in [0.2, 0.25) is 0 Å². The molecule has 0 spiro atoms. The standard InChI is InChI=1S/C122H126/c1-9-13-17-21-25-43-65-121(66-44-26-22-18-14-10-2)111-79-106-104-78-110-108(118-100-62-42-40-60-98(100)102(76-116(118)120(110,7)8)92-72-88(84-51-33-30-34-52-84)70-90(74-92)96-64-48-56-86-54-36-38-58-94(86)96)82-114(104)122(67-45-27-23-19-15-11-3,68-46-28-24-20-16-12-4)112(106)80-105(111)103-77-109-107(81-113(103)121)117-99-61-41-39-59-97(99)101(75-115(117)119(109,5)6)91-71-87(83-49-31-29-32-50-83)69-89(73-91)95-63-47-55-85-53-35-37-57-93(85)95/h29-42,47-64,69-82H,9-28,43-46,65-68H2,1-8H3. The van der Waals surface area contributed by atoms with E-state index in [1.54, 1.807) is 33.4 Å². The van der Waals surface area contributed by atoms with Gasteiger partial charge in [-0.2, -0.15) is 0 Å². The lowest BCUT2D eigenvalue weighted by Gasteiger charge is -2.35. The van der Waals surface area contributed by atoms with E-state index < -0.39 is 0 Å². The number of hydrogen-bond acceptors (Lipinski definition) is 0. The molecule has 0 bridgehead atoms. The largest absolute Gasteiger partial charge is 0.0654 e. The third-order valence-electron chi connectivity index (χ3n) is 30.2. The summed E-state index contributed by atoms with van der Waals surface area (Å²) >= 11 is 0. The average molecular weight is 1590 g/mol. The minimum absolute atomic E-state index is 0.167. The van der Waals surface area contributed by atoms with Crippen molar-refractivity contribution in [3.05, 3.63) is 324 Å². The fourth-order valence-electron chi connectivity index (χ4n) is 23.7. The monoisotopic (exact) mass is 1590 g/mol. The van der Waals surface area contributed by atoms with Crippen LogP contribution in [0.3, 0.4) is 0 Å². The molecule has 19 rings (SSSR count). The molecule has 0 heterocycles. The summed E-state index contributed by atoms with van der Waals surface area (Å²) in [5, 5.41) is 10.5. The number of hydrogen-bond donors (Lipinski definition) is 0. The van der Waals surface area contributed by atoms with Gasteiger partial charge in [0.1, 0.15) is 0 Å². The molecule has 0 radical (unpaired) electrons. The SMILES string of the molecule is CCCCCCCCC1(CCCCCCCC)c2cc3c(cc2-c2cc4c(cc21)-c1cc2c(cc1C4(CCCCCCCC)CCCCCCCC)-c1c(cc(-c4cc(-c5ccccc5)cc(-c5cccc6ccccc56)c4)c4ccccc14)C2(C)C)C(C)(C)c1cc(-c2cc(-c4ccccc4)cc(-c4cccc5ccccc45)c2)c2ccccc2c1-3. The van der Waals surface area contributed by atoms with Crippen LogP contribution in [-0.4, -0.2) is 0 Å². The first kappa shape index (κ1) is 81.0. The van der Waals surface area contributed by atoms with E-state index in [0.29, 0.717) is 0 Å². The summed E-state index contributed by atoms with van der Waals surface area (Å²) in [5.41, 5.74) is 38.6. The molecule has 0 fully saturated rings. The molecular formula is C122H126. The van der Waals surface area contributed by atoms with Crippen molar-refractivity contribution in [1.82, 2.24) is 0 Å². The Morgan fingerprint density at radius 3 is 0.770 bits per heavy atom. The van der Waals surface area contributed by atoms with Crippen LogP contribution in [0.25, 0.3) is 154 Å². The summed E-state index contributed by atoms with van der Waals surface area (Å²) in [7, 11) is 0. The zero-order valence-corrected chi connectivity index (χ0v) is 74.4. The van der Waals surface area contributed by atoms with E-state index in [-0.39, 0.29) is 21.7 Å². The number of rotatable bonds is 34. The zero-order valence-electron chi connectivity index (χ0n) is 74.4. The van der Waals surface area contributed by atoms with E-state index in [9.17, 15) is 0 Å². The van der Waals surface area contributed by atoms with Gasteiger partial charge < -0.3 is 0 Å². The number of fused-ring (bicyclic) bond motifs is 18. The molecule has 0 amide bonds. The molecule has 0 N–H and O–H groups in total. The van der Waals surface area contributed by atoms with Crippen LogP contribution in [-0.2, 0) is 21.7 Å².